The van der Waals surface area contributed by atoms with E-state index in [1.807, 2.05) is 19.1 Å². The molecule has 0 spiro atoms. The highest BCUT2D eigenvalue weighted by molar-refractivity contribution is 6.00. The summed E-state index contributed by atoms with van der Waals surface area (Å²) in [7, 11) is 0. The second-order valence-electron chi connectivity index (χ2n) is 4.55. The third kappa shape index (κ3) is 2.16. The predicted octanol–water partition coefficient (Wildman–Crippen LogP) is 0.669. The molecule has 0 unspecified atom stereocenters. The molecule has 1 atom stereocenters. The molecule has 5 nitrogen and oxygen atoms in total. The highest BCUT2D eigenvalue weighted by Gasteiger charge is 2.34. The maximum Gasteiger partial charge on any atom is 0.227 e. The van der Waals surface area contributed by atoms with Gasteiger partial charge >= 0.3 is 0 Å². The number of carbonyl (C=O) groups is 2. The lowest BCUT2D eigenvalue weighted by Crippen LogP contribution is -2.29. The van der Waals surface area contributed by atoms with Crippen LogP contribution >= 0.6 is 0 Å². The molecule has 0 bridgehead atoms. The molecular weight excluding hydrogens is 230 g/mol. The molecule has 2 amide bonds. The first-order valence-corrected chi connectivity index (χ1v) is 6.01. The fourth-order valence-electron chi connectivity index (χ4n) is 2.28. The van der Waals surface area contributed by atoms with E-state index in [0.717, 1.165) is 17.7 Å². The second kappa shape index (κ2) is 4.68. The predicted molar refractivity (Wildman–Crippen MR) is 69.9 cm³/mol. The molecule has 5 heteroatoms. The molecule has 1 aromatic rings. The Hall–Kier alpha value is -2.04. The summed E-state index contributed by atoms with van der Waals surface area (Å²) in [5, 5.41) is 0. The molecular formula is C13H17N3O2. The molecule has 1 aromatic carbocycles. The van der Waals surface area contributed by atoms with Gasteiger partial charge in [0.1, 0.15) is 0 Å². The molecule has 96 valence electrons. The molecule has 0 radical (unpaired) electrons. The van der Waals surface area contributed by atoms with Gasteiger partial charge in [0, 0.05) is 24.3 Å². The number of nitrogen functional groups attached to an aromatic ring is 1. The summed E-state index contributed by atoms with van der Waals surface area (Å²) >= 11 is 0. The number of nitrogens with two attached hydrogens (primary N) is 2. The number of hydrogen-bond acceptors (Lipinski definition) is 3. The average molecular weight is 247 g/mol. The lowest BCUT2D eigenvalue weighted by Gasteiger charge is -2.20. The Morgan fingerprint density at radius 1 is 1.50 bits per heavy atom. The summed E-state index contributed by atoms with van der Waals surface area (Å²) in [6.07, 6.45) is 0.980. The minimum absolute atomic E-state index is 0.0572. The lowest BCUT2D eigenvalue weighted by atomic mass is 10.1. The zero-order valence-corrected chi connectivity index (χ0v) is 10.3. The monoisotopic (exact) mass is 247 g/mol. The van der Waals surface area contributed by atoms with Gasteiger partial charge in [-0.15, -0.1) is 0 Å². The molecule has 0 aliphatic carbocycles. The molecule has 0 saturated carbocycles. The van der Waals surface area contributed by atoms with E-state index in [0.29, 0.717) is 12.2 Å². The normalized spacial score (nSPS) is 19.3. The fraction of sp³-hybridized carbons (Fsp3) is 0.385. The smallest absolute Gasteiger partial charge is 0.227 e. The Labute approximate surface area is 106 Å². The van der Waals surface area contributed by atoms with E-state index < -0.39 is 5.91 Å². The number of primary amides is 1. The summed E-state index contributed by atoms with van der Waals surface area (Å²) < 4.78 is 0. The van der Waals surface area contributed by atoms with Gasteiger partial charge in [-0.25, -0.2) is 0 Å². The van der Waals surface area contributed by atoms with Crippen molar-refractivity contribution in [2.75, 3.05) is 17.2 Å². The highest BCUT2D eigenvalue weighted by Crippen LogP contribution is 2.29. The van der Waals surface area contributed by atoms with Gasteiger partial charge in [-0.1, -0.05) is 6.92 Å². The van der Waals surface area contributed by atoms with Crippen LogP contribution in [0.2, 0.25) is 0 Å². The number of anilines is 2. The molecule has 18 heavy (non-hydrogen) atoms. The Morgan fingerprint density at radius 2 is 2.22 bits per heavy atom. The minimum atomic E-state index is -0.417. The Bertz CT molecular complexity index is 499. The first kappa shape index (κ1) is 12.4. The van der Waals surface area contributed by atoms with Gasteiger partial charge in [-0.3, -0.25) is 9.59 Å². The first-order chi connectivity index (χ1) is 8.52. The molecule has 2 rings (SSSR count). The van der Waals surface area contributed by atoms with Crippen LogP contribution < -0.4 is 16.4 Å². The van der Waals surface area contributed by atoms with Crippen molar-refractivity contribution in [3.63, 3.8) is 0 Å². The number of hydrogen-bond donors (Lipinski definition) is 2. The number of benzene rings is 1. The summed E-state index contributed by atoms with van der Waals surface area (Å²) in [4.78, 5) is 24.7. The maximum absolute atomic E-state index is 11.9. The Kier molecular flexibility index (Phi) is 3.23. The Balaban J connectivity index is 2.32. The largest absolute Gasteiger partial charge is 0.399 e. The van der Waals surface area contributed by atoms with Crippen molar-refractivity contribution in [2.24, 2.45) is 11.7 Å². The summed E-state index contributed by atoms with van der Waals surface area (Å²) in [5.74, 6) is -0.864. The SMILES string of the molecule is CCc1cc(N)ccc1N1C[C@H](C(N)=O)CC1=O. The number of nitrogens with zero attached hydrogens (tertiary/aromatic N) is 1. The van der Waals surface area contributed by atoms with Crippen LogP contribution in [0.25, 0.3) is 0 Å². The van der Waals surface area contributed by atoms with Crippen LogP contribution in [-0.2, 0) is 16.0 Å². The van der Waals surface area contributed by atoms with Crippen molar-refractivity contribution in [2.45, 2.75) is 19.8 Å². The fourth-order valence-corrected chi connectivity index (χ4v) is 2.28. The molecule has 1 saturated heterocycles. The van der Waals surface area contributed by atoms with Crippen LogP contribution in [0.5, 0.6) is 0 Å². The third-order valence-corrected chi connectivity index (χ3v) is 3.30. The quantitative estimate of drug-likeness (QED) is 0.769. The topological polar surface area (TPSA) is 89.4 Å². The van der Waals surface area contributed by atoms with Gasteiger partial charge < -0.3 is 16.4 Å². The van der Waals surface area contributed by atoms with Crippen LogP contribution in [0.4, 0.5) is 11.4 Å². The molecule has 0 aromatic heterocycles. The first-order valence-electron chi connectivity index (χ1n) is 6.01. The van der Waals surface area contributed by atoms with Crippen LogP contribution in [0.1, 0.15) is 18.9 Å². The third-order valence-electron chi connectivity index (χ3n) is 3.30. The Morgan fingerprint density at radius 3 is 2.78 bits per heavy atom. The van der Waals surface area contributed by atoms with Gasteiger partial charge in [-0.2, -0.15) is 0 Å². The van der Waals surface area contributed by atoms with Crippen molar-refractivity contribution in [1.29, 1.82) is 0 Å². The van der Waals surface area contributed by atoms with E-state index >= 15 is 0 Å². The molecule has 4 N–H and O–H groups in total. The molecule has 1 aliphatic heterocycles. The second-order valence-corrected chi connectivity index (χ2v) is 4.55. The molecule has 1 heterocycles. The van der Waals surface area contributed by atoms with Crippen molar-refractivity contribution in [3.8, 4) is 0 Å². The van der Waals surface area contributed by atoms with E-state index in [1.165, 1.54) is 0 Å². The molecule has 1 fully saturated rings. The highest BCUT2D eigenvalue weighted by atomic mass is 16.2. The summed E-state index contributed by atoms with van der Waals surface area (Å²) in [6.45, 7) is 2.37. The van der Waals surface area contributed by atoms with E-state index in [9.17, 15) is 9.59 Å². The van der Waals surface area contributed by atoms with Crippen molar-refractivity contribution < 1.29 is 9.59 Å². The van der Waals surface area contributed by atoms with Crippen LogP contribution in [0.3, 0.4) is 0 Å². The summed E-state index contributed by atoms with van der Waals surface area (Å²) in [5.41, 5.74) is 13.5. The zero-order valence-electron chi connectivity index (χ0n) is 10.3. The standard InChI is InChI=1S/C13H17N3O2/c1-2-8-5-10(14)3-4-11(8)16-7-9(13(15)18)6-12(16)17/h3-5,9H,2,6-7,14H2,1H3,(H2,15,18)/t9-/m1/s1. The van der Waals surface area contributed by atoms with Crippen LogP contribution in [0, 0.1) is 5.92 Å². The number of aryl methyl sites for hydroxylation is 1. The van der Waals surface area contributed by atoms with Gasteiger partial charge in [0.25, 0.3) is 0 Å². The van der Waals surface area contributed by atoms with Crippen molar-refractivity contribution in [3.05, 3.63) is 23.8 Å². The number of rotatable bonds is 3. The zero-order chi connectivity index (χ0) is 13.3. The number of carbonyl (C=O) groups excluding carboxylic acids is 2. The van der Waals surface area contributed by atoms with Crippen molar-refractivity contribution >= 4 is 23.2 Å². The summed E-state index contributed by atoms with van der Waals surface area (Å²) in [6, 6.07) is 5.45. The number of amides is 2. The maximum atomic E-state index is 11.9. The van der Waals surface area contributed by atoms with E-state index in [-0.39, 0.29) is 18.2 Å². The van der Waals surface area contributed by atoms with Gasteiger partial charge in [0.05, 0.1) is 5.92 Å². The van der Waals surface area contributed by atoms with Gasteiger partial charge in [0.2, 0.25) is 11.8 Å². The van der Waals surface area contributed by atoms with E-state index in [1.54, 1.807) is 11.0 Å². The van der Waals surface area contributed by atoms with Crippen LogP contribution in [0.15, 0.2) is 18.2 Å². The minimum Gasteiger partial charge on any atom is -0.399 e. The average Bonchev–Trinajstić information content (AvgIpc) is 2.71. The van der Waals surface area contributed by atoms with E-state index in [4.69, 9.17) is 11.5 Å². The van der Waals surface area contributed by atoms with Gasteiger partial charge in [0.15, 0.2) is 0 Å². The van der Waals surface area contributed by atoms with E-state index in [2.05, 4.69) is 0 Å². The lowest BCUT2D eigenvalue weighted by molar-refractivity contribution is -0.123. The van der Waals surface area contributed by atoms with Gasteiger partial charge in [-0.05, 0) is 30.2 Å². The van der Waals surface area contributed by atoms with Crippen molar-refractivity contribution in [1.82, 2.24) is 0 Å². The molecule has 1 aliphatic rings. The van der Waals surface area contributed by atoms with Crippen LogP contribution in [-0.4, -0.2) is 18.4 Å².